The van der Waals surface area contributed by atoms with Crippen LogP contribution >= 0.6 is 15.9 Å². The molecule has 0 aliphatic carbocycles. The molecule has 0 spiro atoms. The number of rotatable bonds is 6. The maximum absolute atomic E-state index is 5.59. The zero-order valence-corrected chi connectivity index (χ0v) is 11.4. The molecule has 0 aliphatic rings. The highest BCUT2D eigenvalue weighted by Gasteiger charge is 2.02. The summed E-state index contributed by atoms with van der Waals surface area (Å²) in [6.07, 6.45) is 0. The van der Waals surface area contributed by atoms with Crippen molar-refractivity contribution in [3.63, 3.8) is 0 Å². The average molecular weight is 284 g/mol. The van der Waals surface area contributed by atoms with Crippen LogP contribution in [0.15, 0.2) is 34.8 Å². The predicted molar refractivity (Wildman–Crippen MR) is 71.8 cm³/mol. The third-order valence-electron chi connectivity index (χ3n) is 2.07. The molecule has 1 rings (SSSR count). The third kappa shape index (κ3) is 4.37. The quantitative estimate of drug-likeness (QED) is 0.807. The van der Waals surface area contributed by atoms with E-state index in [1.54, 1.807) is 0 Å². The smallest absolute Gasteiger partial charge is 0.120 e. The van der Waals surface area contributed by atoms with E-state index in [0.29, 0.717) is 6.61 Å². The van der Waals surface area contributed by atoms with E-state index in [1.807, 2.05) is 19.1 Å². The molecule has 0 saturated heterocycles. The molecular formula is C13H18BrNO. The van der Waals surface area contributed by atoms with Crippen LogP contribution in [-0.2, 0) is 6.54 Å². The van der Waals surface area contributed by atoms with Gasteiger partial charge < -0.3 is 10.1 Å². The minimum absolute atomic E-state index is 0.572. The van der Waals surface area contributed by atoms with Crippen molar-refractivity contribution in [3.05, 3.63) is 40.4 Å². The molecule has 1 aromatic carbocycles. The lowest BCUT2D eigenvalue weighted by Gasteiger charge is -2.10. The normalized spacial score (nSPS) is 10.2. The van der Waals surface area contributed by atoms with Crippen LogP contribution in [0, 0.1) is 0 Å². The van der Waals surface area contributed by atoms with Crippen LogP contribution < -0.4 is 10.1 Å². The molecule has 2 nitrogen and oxygen atoms in total. The first-order valence-corrected chi connectivity index (χ1v) is 6.19. The number of nitrogens with one attached hydrogen (secondary N) is 1. The van der Waals surface area contributed by atoms with Gasteiger partial charge in [-0.15, -0.1) is 0 Å². The zero-order chi connectivity index (χ0) is 12.0. The van der Waals surface area contributed by atoms with Gasteiger partial charge in [-0.1, -0.05) is 29.4 Å². The summed E-state index contributed by atoms with van der Waals surface area (Å²) < 4.78 is 6.70. The molecule has 1 N–H and O–H groups in total. The monoisotopic (exact) mass is 283 g/mol. The van der Waals surface area contributed by atoms with E-state index in [2.05, 4.69) is 40.8 Å². The van der Waals surface area contributed by atoms with E-state index < -0.39 is 0 Å². The predicted octanol–water partition coefficient (Wildman–Crippen LogP) is 3.51. The van der Waals surface area contributed by atoms with Gasteiger partial charge in [0, 0.05) is 11.0 Å². The summed E-state index contributed by atoms with van der Waals surface area (Å²) in [5, 5.41) is 3.29. The lowest BCUT2D eigenvalue weighted by Crippen LogP contribution is -2.12. The van der Waals surface area contributed by atoms with Gasteiger partial charge in [0.2, 0.25) is 0 Å². The van der Waals surface area contributed by atoms with E-state index in [1.165, 1.54) is 5.56 Å². The molecule has 0 atom stereocenters. The molecule has 0 radical (unpaired) electrons. The molecule has 0 saturated carbocycles. The topological polar surface area (TPSA) is 21.3 Å². The van der Waals surface area contributed by atoms with Gasteiger partial charge in [0.25, 0.3) is 0 Å². The minimum atomic E-state index is 0.572. The van der Waals surface area contributed by atoms with Gasteiger partial charge in [0.15, 0.2) is 0 Å². The summed E-state index contributed by atoms with van der Waals surface area (Å²) >= 11 is 3.53. The van der Waals surface area contributed by atoms with Crippen molar-refractivity contribution in [1.29, 1.82) is 0 Å². The molecule has 0 heterocycles. The van der Waals surface area contributed by atoms with Crippen molar-refractivity contribution < 1.29 is 4.74 Å². The van der Waals surface area contributed by atoms with E-state index in [9.17, 15) is 0 Å². The van der Waals surface area contributed by atoms with Crippen molar-refractivity contribution in [2.75, 3.05) is 13.2 Å². The van der Waals surface area contributed by atoms with Gasteiger partial charge in [-0.2, -0.15) is 0 Å². The summed E-state index contributed by atoms with van der Waals surface area (Å²) in [5.74, 6) is 0.888. The van der Waals surface area contributed by atoms with Crippen LogP contribution in [-0.4, -0.2) is 13.2 Å². The van der Waals surface area contributed by atoms with E-state index in [4.69, 9.17) is 4.74 Å². The van der Waals surface area contributed by atoms with Gasteiger partial charge in [-0.3, -0.25) is 0 Å². The molecule has 0 fully saturated rings. The van der Waals surface area contributed by atoms with Gasteiger partial charge in [-0.05, 0) is 42.8 Å². The van der Waals surface area contributed by atoms with E-state index in [0.717, 1.165) is 28.9 Å². The fraction of sp³-hybridized carbons (Fsp3) is 0.385. The Balaban J connectivity index is 2.68. The van der Waals surface area contributed by atoms with Gasteiger partial charge >= 0.3 is 0 Å². The molecule has 88 valence electrons. The number of halogens is 1. The van der Waals surface area contributed by atoms with Crippen molar-refractivity contribution in [3.8, 4) is 5.75 Å². The molecule has 0 bridgehead atoms. The number of benzene rings is 1. The SMILES string of the molecule is C=C(C)COc1ccc(Br)c(CNCC)c1. The molecule has 0 amide bonds. The number of hydrogen-bond acceptors (Lipinski definition) is 2. The Morgan fingerprint density at radius 3 is 2.88 bits per heavy atom. The van der Waals surface area contributed by atoms with Crippen molar-refractivity contribution >= 4 is 15.9 Å². The Kier molecular flexibility index (Phi) is 5.56. The Morgan fingerprint density at radius 1 is 1.50 bits per heavy atom. The van der Waals surface area contributed by atoms with E-state index in [-0.39, 0.29) is 0 Å². The molecular weight excluding hydrogens is 266 g/mol. The summed E-state index contributed by atoms with van der Waals surface area (Å²) in [6.45, 7) is 10.2. The maximum atomic E-state index is 5.59. The second-order valence-corrected chi connectivity index (χ2v) is 4.63. The lowest BCUT2D eigenvalue weighted by atomic mass is 10.2. The summed E-state index contributed by atoms with van der Waals surface area (Å²) in [4.78, 5) is 0. The van der Waals surface area contributed by atoms with Crippen molar-refractivity contribution in [2.45, 2.75) is 20.4 Å². The fourth-order valence-electron chi connectivity index (χ4n) is 1.24. The second-order valence-electron chi connectivity index (χ2n) is 3.78. The van der Waals surface area contributed by atoms with Gasteiger partial charge in [0.05, 0.1) is 0 Å². The highest BCUT2D eigenvalue weighted by Crippen LogP contribution is 2.22. The number of ether oxygens (including phenoxy) is 1. The molecule has 0 unspecified atom stereocenters. The molecule has 16 heavy (non-hydrogen) atoms. The highest BCUT2D eigenvalue weighted by molar-refractivity contribution is 9.10. The van der Waals surface area contributed by atoms with Crippen LogP contribution in [0.3, 0.4) is 0 Å². The van der Waals surface area contributed by atoms with Crippen LogP contribution in [0.1, 0.15) is 19.4 Å². The Bertz CT molecular complexity index is 363. The first-order valence-electron chi connectivity index (χ1n) is 5.39. The lowest BCUT2D eigenvalue weighted by molar-refractivity contribution is 0.352. The van der Waals surface area contributed by atoms with Gasteiger partial charge in [-0.25, -0.2) is 0 Å². The fourth-order valence-corrected chi connectivity index (χ4v) is 1.63. The average Bonchev–Trinajstić information content (AvgIpc) is 2.26. The van der Waals surface area contributed by atoms with Gasteiger partial charge in [0.1, 0.15) is 12.4 Å². The zero-order valence-electron chi connectivity index (χ0n) is 9.85. The van der Waals surface area contributed by atoms with Crippen LogP contribution in [0.5, 0.6) is 5.75 Å². The van der Waals surface area contributed by atoms with Crippen LogP contribution in [0.2, 0.25) is 0 Å². The Morgan fingerprint density at radius 2 is 2.25 bits per heavy atom. The Labute approximate surface area is 106 Å². The largest absolute Gasteiger partial charge is 0.489 e. The standard InChI is InChI=1S/C13H18BrNO/c1-4-15-8-11-7-12(5-6-13(11)14)16-9-10(2)3/h5-7,15H,2,4,8-9H2,1,3H3. The second kappa shape index (κ2) is 6.71. The summed E-state index contributed by atoms with van der Waals surface area (Å²) in [6, 6.07) is 6.03. The highest BCUT2D eigenvalue weighted by atomic mass is 79.9. The third-order valence-corrected chi connectivity index (χ3v) is 2.84. The van der Waals surface area contributed by atoms with Crippen molar-refractivity contribution in [1.82, 2.24) is 5.32 Å². The van der Waals surface area contributed by atoms with Crippen LogP contribution in [0.4, 0.5) is 0 Å². The maximum Gasteiger partial charge on any atom is 0.120 e. The van der Waals surface area contributed by atoms with E-state index >= 15 is 0 Å². The Hall–Kier alpha value is -0.800. The minimum Gasteiger partial charge on any atom is -0.489 e. The molecule has 0 aromatic heterocycles. The first kappa shape index (κ1) is 13.3. The van der Waals surface area contributed by atoms with Crippen molar-refractivity contribution in [2.24, 2.45) is 0 Å². The van der Waals surface area contributed by atoms with Crippen LogP contribution in [0.25, 0.3) is 0 Å². The molecule has 3 heteroatoms. The molecule has 0 aliphatic heterocycles. The number of hydrogen-bond donors (Lipinski definition) is 1. The molecule has 1 aromatic rings. The summed E-state index contributed by atoms with van der Waals surface area (Å²) in [7, 11) is 0. The first-order chi connectivity index (χ1) is 7.63. The summed E-state index contributed by atoms with van der Waals surface area (Å²) in [5.41, 5.74) is 2.23.